The van der Waals surface area contributed by atoms with E-state index in [2.05, 4.69) is 0 Å². The summed E-state index contributed by atoms with van der Waals surface area (Å²) < 4.78 is 10.8. The van der Waals surface area contributed by atoms with Gasteiger partial charge in [-0.2, -0.15) is 0 Å². The molecule has 1 fully saturated rings. The van der Waals surface area contributed by atoms with Gasteiger partial charge in [0.25, 0.3) is 11.7 Å². The van der Waals surface area contributed by atoms with Crippen LogP contribution in [0.3, 0.4) is 0 Å². The Bertz CT molecular complexity index is 1230. The predicted molar refractivity (Wildman–Crippen MR) is 122 cm³/mol. The van der Waals surface area contributed by atoms with Gasteiger partial charge >= 0.3 is 0 Å². The molecule has 0 aliphatic carbocycles. The maximum atomic E-state index is 13.3. The lowest BCUT2D eigenvalue weighted by atomic mass is 9.94. The van der Waals surface area contributed by atoms with Crippen molar-refractivity contribution in [3.8, 4) is 11.5 Å². The molecule has 1 N–H and O–H groups in total. The molecule has 0 radical (unpaired) electrons. The van der Waals surface area contributed by atoms with Gasteiger partial charge in [0.05, 0.1) is 25.8 Å². The van der Waals surface area contributed by atoms with Crippen LogP contribution in [-0.2, 0) is 9.59 Å². The number of hydrogen-bond acceptors (Lipinski definition) is 5. The zero-order chi connectivity index (χ0) is 22.8. The van der Waals surface area contributed by atoms with E-state index in [-0.39, 0.29) is 11.3 Å². The molecule has 6 heteroatoms. The number of methoxy groups -OCH3 is 2. The number of hydrogen-bond donors (Lipinski definition) is 1. The minimum absolute atomic E-state index is 0.00370. The lowest BCUT2D eigenvalue weighted by Crippen LogP contribution is -2.30. The first kappa shape index (κ1) is 21.2. The first-order valence-electron chi connectivity index (χ1n) is 10.1. The van der Waals surface area contributed by atoms with Crippen molar-refractivity contribution >= 4 is 23.1 Å². The Labute approximate surface area is 186 Å². The van der Waals surface area contributed by atoms with E-state index >= 15 is 0 Å². The van der Waals surface area contributed by atoms with Crippen molar-refractivity contribution in [2.24, 2.45) is 0 Å². The number of carbonyl (C=O) groups excluding carboxylic acids is 2. The molecule has 0 bridgehead atoms. The number of para-hydroxylation sites is 2. The highest BCUT2D eigenvalue weighted by molar-refractivity contribution is 6.51. The zero-order valence-corrected chi connectivity index (χ0v) is 18.0. The van der Waals surface area contributed by atoms with Crippen LogP contribution in [0.25, 0.3) is 5.76 Å². The minimum atomic E-state index is -0.863. The van der Waals surface area contributed by atoms with E-state index in [0.29, 0.717) is 28.3 Å². The summed E-state index contributed by atoms with van der Waals surface area (Å²) in [5.74, 6) is -0.705. The van der Waals surface area contributed by atoms with Gasteiger partial charge in [0.2, 0.25) is 0 Å². The number of benzene rings is 3. The van der Waals surface area contributed by atoms with Crippen LogP contribution in [0.1, 0.15) is 22.7 Å². The van der Waals surface area contributed by atoms with Gasteiger partial charge in [-0.15, -0.1) is 0 Å². The summed E-state index contributed by atoms with van der Waals surface area (Å²) in [6.45, 7) is 1.87. The van der Waals surface area contributed by atoms with Crippen LogP contribution in [0.4, 0.5) is 5.69 Å². The van der Waals surface area contributed by atoms with E-state index in [1.54, 1.807) is 48.5 Å². The molecule has 1 heterocycles. The summed E-state index contributed by atoms with van der Waals surface area (Å²) in [6, 6.07) is 20.4. The van der Waals surface area contributed by atoms with Crippen LogP contribution >= 0.6 is 0 Å². The molecule has 1 saturated heterocycles. The second-order valence-corrected chi connectivity index (χ2v) is 7.43. The van der Waals surface area contributed by atoms with E-state index < -0.39 is 17.7 Å². The molecule has 0 aromatic heterocycles. The molecular formula is C26H23NO5. The highest BCUT2D eigenvalue weighted by atomic mass is 16.5. The second-order valence-electron chi connectivity index (χ2n) is 7.43. The van der Waals surface area contributed by atoms with Gasteiger partial charge in [0.15, 0.2) is 0 Å². The molecule has 6 nitrogen and oxygen atoms in total. The molecule has 4 rings (SSSR count). The van der Waals surface area contributed by atoms with E-state index in [0.717, 1.165) is 5.56 Å². The van der Waals surface area contributed by atoms with Crippen molar-refractivity contribution in [1.29, 1.82) is 0 Å². The van der Waals surface area contributed by atoms with Gasteiger partial charge in [-0.25, -0.2) is 0 Å². The number of aryl methyl sites for hydroxylation is 1. The van der Waals surface area contributed by atoms with Crippen LogP contribution in [-0.4, -0.2) is 31.0 Å². The quantitative estimate of drug-likeness (QED) is 0.363. The van der Waals surface area contributed by atoms with E-state index in [1.807, 2.05) is 31.2 Å². The number of nitrogens with zero attached hydrogens (tertiary/aromatic N) is 1. The molecule has 32 heavy (non-hydrogen) atoms. The Morgan fingerprint density at radius 2 is 1.62 bits per heavy atom. The number of aliphatic hydroxyl groups excluding tert-OH is 1. The summed E-state index contributed by atoms with van der Waals surface area (Å²) >= 11 is 0. The number of amides is 1. The molecule has 1 aliphatic heterocycles. The summed E-state index contributed by atoms with van der Waals surface area (Å²) in [4.78, 5) is 28.0. The van der Waals surface area contributed by atoms with Crippen molar-refractivity contribution in [1.82, 2.24) is 0 Å². The Hall–Kier alpha value is -4.06. The van der Waals surface area contributed by atoms with Crippen LogP contribution in [0, 0.1) is 6.92 Å². The van der Waals surface area contributed by atoms with Gasteiger partial charge in [-0.3, -0.25) is 14.5 Å². The smallest absolute Gasteiger partial charge is 0.300 e. The Morgan fingerprint density at radius 1 is 0.906 bits per heavy atom. The lowest BCUT2D eigenvalue weighted by molar-refractivity contribution is -0.132. The van der Waals surface area contributed by atoms with E-state index in [9.17, 15) is 14.7 Å². The summed E-state index contributed by atoms with van der Waals surface area (Å²) in [5, 5.41) is 11.2. The van der Waals surface area contributed by atoms with Crippen LogP contribution < -0.4 is 14.4 Å². The van der Waals surface area contributed by atoms with Crippen LogP contribution in [0.15, 0.2) is 78.4 Å². The van der Waals surface area contributed by atoms with Crippen LogP contribution in [0.2, 0.25) is 0 Å². The molecule has 3 aromatic carbocycles. The monoisotopic (exact) mass is 429 g/mol. The fourth-order valence-corrected chi connectivity index (χ4v) is 4.03. The molecule has 1 aliphatic rings. The standard InChI is InChI=1S/C26H23NO5/c1-16-9-4-6-13-20(16)27-23(19-12-5-7-14-21(19)32-3)22(25(29)26(27)30)24(28)17-10-8-11-18(15-17)31-2/h4-15,23,28H,1-3H3/b24-22+. The Kier molecular flexibility index (Phi) is 5.69. The highest BCUT2D eigenvalue weighted by Crippen LogP contribution is 2.45. The third-order valence-electron chi connectivity index (χ3n) is 5.60. The van der Waals surface area contributed by atoms with Crippen molar-refractivity contribution < 1.29 is 24.2 Å². The van der Waals surface area contributed by atoms with Crippen molar-refractivity contribution in [2.45, 2.75) is 13.0 Å². The highest BCUT2D eigenvalue weighted by Gasteiger charge is 2.48. The van der Waals surface area contributed by atoms with Gasteiger partial charge in [0.1, 0.15) is 17.3 Å². The largest absolute Gasteiger partial charge is 0.507 e. The predicted octanol–water partition coefficient (Wildman–Crippen LogP) is 4.64. The Morgan fingerprint density at radius 3 is 2.34 bits per heavy atom. The Balaban J connectivity index is 2.01. The third-order valence-corrected chi connectivity index (χ3v) is 5.60. The number of rotatable bonds is 5. The molecule has 0 spiro atoms. The minimum Gasteiger partial charge on any atom is -0.507 e. The molecule has 3 aromatic rings. The fraction of sp³-hybridized carbons (Fsp3) is 0.154. The van der Waals surface area contributed by atoms with Gasteiger partial charge in [-0.05, 0) is 36.8 Å². The number of ketones is 1. The topological polar surface area (TPSA) is 76.1 Å². The average Bonchev–Trinajstić information content (AvgIpc) is 3.09. The molecule has 1 unspecified atom stereocenters. The maximum Gasteiger partial charge on any atom is 0.300 e. The molecule has 1 amide bonds. The normalized spacial score (nSPS) is 17.5. The van der Waals surface area contributed by atoms with E-state index in [1.165, 1.54) is 19.1 Å². The van der Waals surface area contributed by atoms with Crippen molar-refractivity contribution in [3.63, 3.8) is 0 Å². The molecular weight excluding hydrogens is 406 g/mol. The second kappa shape index (κ2) is 8.59. The van der Waals surface area contributed by atoms with Crippen LogP contribution in [0.5, 0.6) is 11.5 Å². The molecule has 1 atom stereocenters. The number of Topliss-reactive ketones (excluding diaryl/α,β-unsaturated/α-hetero) is 1. The third kappa shape index (κ3) is 3.50. The SMILES string of the molecule is COc1cccc(/C(O)=C2\C(=O)C(=O)N(c3ccccc3C)C2c2ccccc2OC)c1. The summed E-state index contributed by atoms with van der Waals surface area (Å²) in [6.07, 6.45) is 0. The van der Waals surface area contributed by atoms with Gasteiger partial charge in [0, 0.05) is 16.8 Å². The number of aliphatic hydroxyl groups is 1. The molecule has 0 saturated carbocycles. The maximum absolute atomic E-state index is 13.3. The van der Waals surface area contributed by atoms with Gasteiger partial charge in [-0.1, -0.05) is 48.5 Å². The summed E-state index contributed by atoms with van der Waals surface area (Å²) in [5.41, 5.74) is 2.40. The van der Waals surface area contributed by atoms with Crippen molar-refractivity contribution in [3.05, 3.63) is 95.1 Å². The first-order chi connectivity index (χ1) is 15.5. The van der Waals surface area contributed by atoms with E-state index in [4.69, 9.17) is 9.47 Å². The fourth-order valence-electron chi connectivity index (χ4n) is 4.03. The zero-order valence-electron chi connectivity index (χ0n) is 18.0. The lowest BCUT2D eigenvalue weighted by Gasteiger charge is -2.27. The summed E-state index contributed by atoms with van der Waals surface area (Å²) in [7, 11) is 3.05. The van der Waals surface area contributed by atoms with Crippen molar-refractivity contribution in [2.75, 3.05) is 19.1 Å². The average molecular weight is 429 g/mol. The first-order valence-corrected chi connectivity index (χ1v) is 10.1. The number of anilines is 1. The van der Waals surface area contributed by atoms with Gasteiger partial charge < -0.3 is 14.6 Å². The number of carbonyl (C=O) groups is 2. The number of ether oxygens (including phenoxy) is 2. The molecule has 162 valence electrons.